The lowest BCUT2D eigenvalue weighted by molar-refractivity contribution is -0.126. The van der Waals surface area contributed by atoms with Crippen molar-refractivity contribution in [3.63, 3.8) is 0 Å². The summed E-state index contributed by atoms with van der Waals surface area (Å²) in [6.45, 7) is 8.12. The molecule has 0 aromatic rings. The smallest absolute Gasteiger partial charge is 0.237 e. The lowest BCUT2D eigenvalue weighted by Crippen LogP contribution is -2.59. The van der Waals surface area contributed by atoms with E-state index in [1.165, 1.54) is 0 Å². The molecule has 0 bridgehead atoms. The zero-order valence-corrected chi connectivity index (χ0v) is 12.0. The maximum atomic E-state index is 11.8. The van der Waals surface area contributed by atoms with Crippen molar-refractivity contribution in [2.24, 2.45) is 5.73 Å². The van der Waals surface area contributed by atoms with Crippen molar-refractivity contribution < 1.29 is 9.59 Å². The summed E-state index contributed by atoms with van der Waals surface area (Å²) >= 11 is 0. The highest BCUT2D eigenvalue weighted by Crippen LogP contribution is 2.09. The van der Waals surface area contributed by atoms with Crippen molar-refractivity contribution in [3.8, 4) is 0 Å². The number of primary amides is 1. The van der Waals surface area contributed by atoms with Crippen LogP contribution in [0.2, 0.25) is 0 Å². The van der Waals surface area contributed by atoms with Gasteiger partial charge in [-0.15, -0.1) is 0 Å². The van der Waals surface area contributed by atoms with E-state index < -0.39 is 17.5 Å². The van der Waals surface area contributed by atoms with Crippen molar-refractivity contribution in [1.82, 2.24) is 10.6 Å². The van der Waals surface area contributed by atoms with E-state index in [9.17, 15) is 9.59 Å². The average Bonchev–Trinajstić information content (AvgIpc) is 2.33. The molecule has 0 heterocycles. The second kappa shape index (κ2) is 8.08. The first kappa shape index (κ1) is 16.9. The topological polar surface area (TPSA) is 84.2 Å². The highest BCUT2D eigenvalue weighted by atomic mass is 16.2. The molecule has 2 amide bonds. The molecule has 0 aliphatic heterocycles. The van der Waals surface area contributed by atoms with Crippen LogP contribution in [0.4, 0.5) is 0 Å². The monoisotopic (exact) mass is 257 g/mol. The molecule has 0 aromatic carbocycles. The Morgan fingerprint density at radius 2 is 1.89 bits per heavy atom. The predicted octanol–water partition coefficient (Wildman–Crippen LogP) is 0.925. The summed E-state index contributed by atoms with van der Waals surface area (Å²) in [4.78, 5) is 23.1. The highest BCUT2D eigenvalue weighted by molar-refractivity contribution is 5.86. The second-order valence-corrected chi connectivity index (χ2v) is 4.91. The predicted molar refractivity (Wildman–Crippen MR) is 73.0 cm³/mol. The zero-order chi connectivity index (χ0) is 14.2. The minimum Gasteiger partial charge on any atom is -0.368 e. The van der Waals surface area contributed by atoms with E-state index in [1.54, 1.807) is 13.8 Å². The molecule has 4 N–H and O–H groups in total. The third-order valence-electron chi connectivity index (χ3n) is 3.26. The fraction of sp³-hybridized carbons (Fsp3) is 0.846. The number of rotatable bonds is 9. The van der Waals surface area contributed by atoms with Crippen LogP contribution in [0.25, 0.3) is 0 Å². The highest BCUT2D eigenvalue weighted by Gasteiger charge is 2.31. The molecule has 0 fully saturated rings. The van der Waals surface area contributed by atoms with Crippen molar-refractivity contribution in [2.75, 3.05) is 6.54 Å². The van der Waals surface area contributed by atoms with Crippen molar-refractivity contribution in [2.45, 2.75) is 65.0 Å². The number of unbranched alkanes of at least 4 members (excludes halogenated alkanes) is 2. The molecular weight excluding hydrogens is 230 g/mol. The van der Waals surface area contributed by atoms with Crippen molar-refractivity contribution in [1.29, 1.82) is 0 Å². The molecule has 0 saturated carbocycles. The largest absolute Gasteiger partial charge is 0.368 e. The molecule has 2 atom stereocenters. The minimum atomic E-state index is -0.833. The molecule has 5 heteroatoms. The standard InChI is InChI=1S/C13H27N3O2/c1-5-7-8-9-15-11(17)10(3)16-13(4,6-2)12(14)18/h10,16H,5-9H2,1-4H3,(H2,14,18)(H,15,17). The molecule has 106 valence electrons. The van der Waals surface area contributed by atoms with Crippen LogP contribution in [0.1, 0.15) is 53.4 Å². The Morgan fingerprint density at radius 3 is 2.33 bits per heavy atom. The fourth-order valence-corrected chi connectivity index (χ4v) is 1.63. The van der Waals surface area contributed by atoms with Crippen molar-refractivity contribution >= 4 is 11.8 Å². The van der Waals surface area contributed by atoms with Crippen LogP contribution in [-0.4, -0.2) is 29.9 Å². The van der Waals surface area contributed by atoms with Gasteiger partial charge in [-0.25, -0.2) is 0 Å². The molecule has 0 spiro atoms. The normalized spacial score (nSPS) is 15.8. The summed E-state index contributed by atoms with van der Waals surface area (Å²) in [5.41, 5.74) is 4.50. The van der Waals surface area contributed by atoms with Crippen molar-refractivity contribution in [3.05, 3.63) is 0 Å². The third-order valence-corrected chi connectivity index (χ3v) is 3.26. The van der Waals surface area contributed by atoms with Crippen LogP contribution in [0.15, 0.2) is 0 Å². The summed E-state index contributed by atoms with van der Waals surface area (Å²) in [7, 11) is 0. The van der Waals surface area contributed by atoms with Gasteiger partial charge in [-0.1, -0.05) is 26.7 Å². The number of carbonyl (C=O) groups is 2. The van der Waals surface area contributed by atoms with Crippen LogP contribution in [-0.2, 0) is 9.59 Å². The third kappa shape index (κ3) is 5.49. The Balaban J connectivity index is 4.18. The molecule has 0 aromatic heterocycles. The number of carbonyl (C=O) groups excluding carboxylic acids is 2. The molecule has 0 saturated heterocycles. The summed E-state index contributed by atoms with van der Waals surface area (Å²) in [6.07, 6.45) is 3.76. The number of nitrogens with two attached hydrogens (primary N) is 1. The van der Waals surface area contributed by atoms with E-state index in [1.807, 2.05) is 6.92 Å². The van der Waals surface area contributed by atoms with E-state index in [0.29, 0.717) is 13.0 Å². The van der Waals surface area contributed by atoms with Crippen LogP contribution in [0, 0.1) is 0 Å². The number of amides is 2. The van der Waals surface area contributed by atoms with Gasteiger partial charge in [0.25, 0.3) is 0 Å². The Hall–Kier alpha value is -1.10. The van der Waals surface area contributed by atoms with Crippen LogP contribution in [0.5, 0.6) is 0 Å². The molecule has 0 radical (unpaired) electrons. The van der Waals surface area contributed by atoms with E-state index in [2.05, 4.69) is 17.6 Å². The van der Waals surface area contributed by atoms with Crippen LogP contribution >= 0.6 is 0 Å². The van der Waals surface area contributed by atoms with Gasteiger partial charge in [-0.05, 0) is 26.7 Å². The molecule has 0 rings (SSSR count). The van der Waals surface area contributed by atoms with Crippen LogP contribution < -0.4 is 16.4 Å². The number of hydrogen-bond donors (Lipinski definition) is 3. The van der Waals surface area contributed by atoms with Gasteiger partial charge < -0.3 is 11.1 Å². The Labute approximate surface area is 110 Å². The van der Waals surface area contributed by atoms with Gasteiger partial charge in [-0.3, -0.25) is 14.9 Å². The quantitative estimate of drug-likeness (QED) is 0.537. The molecule has 0 aliphatic rings. The summed E-state index contributed by atoms with van der Waals surface area (Å²) < 4.78 is 0. The van der Waals surface area contributed by atoms with E-state index in [0.717, 1.165) is 19.3 Å². The fourth-order valence-electron chi connectivity index (χ4n) is 1.63. The summed E-state index contributed by atoms with van der Waals surface area (Å²) in [6, 6.07) is -0.427. The molecule has 2 unspecified atom stereocenters. The van der Waals surface area contributed by atoms with Gasteiger partial charge in [0.05, 0.1) is 11.6 Å². The average molecular weight is 257 g/mol. The van der Waals surface area contributed by atoms with Gasteiger partial charge >= 0.3 is 0 Å². The second-order valence-electron chi connectivity index (χ2n) is 4.91. The summed E-state index contributed by atoms with van der Waals surface area (Å²) in [5, 5.41) is 5.85. The Morgan fingerprint density at radius 1 is 1.28 bits per heavy atom. The van der Waals surface area contributed by atoms with Gasteiger partial charge in [0.1, 0.15) is 0 Å². The first-order chi connectivity index (χ1) is 8.37. The van der Waals surface area contributed by atoms with E-state index in [4.69, 9.17) is 5.73 Å². The zero-order valence-electron chi connectivity index (χ0n) is 12.0. The Kier molecular flexibility index (Phi) is 7.59. The SMILES string of the molecule is CCCCCNC(=O)C(C)NC(C)(CC)C(N)=O. The number of hydrogen-bond acceptors (Lipinski definition) is 3. The molecule has 18 heavy (non-hydrogen) atoms. The van der Waals surface area contributed by atoms with Gasteiger partial charge in [-0.2, -0.15) is 0 Å². The van der Waals surface area contributed by atoms with Gasteiger partial charge in [0.15, 0.2) is 0 Å². The van der Waals surface area contributed by atoms with E-state index in [-0.39, 0.29) is 5.91 Å². The summed E-state index contributed by atoms with van der Waals surface area (Å²) in [5.74, 6) is -0.525. The number of nitrogens with one attached hydrogen (secondary N) is 2. The maximum absolute atomic E-state index is 11.8. The lowest BCUT2D eigenvalue weighted by atomic mass is 9.97. The Bertz CT molecular complexity index is 281. The molecule has 0 aliphatic carbocycles. The van der Waals surface area contributed by atoms with E-state index >= 15 is 0 Å². The van der Waals surface area contributed by atoms with Gasteiger partial charge in [0, 0.05) is 6.54 Å². The van der Waals surface area contributed by atoms with Gasteiger partial charge in [0.2, 0.25) is 11.8 Å². The molecule has 5 nitrogen and oxygen atoms in total. The first-order valence-electron chi connectivity index (χ1n) is 6.72. The minimum absolute atomic E-state index is 0.0907. The lowest BCUT2D eigenvalue weighted by Gasteiger charge is -2.29. The first-order valence-corrected chi connectivity index (χ1v) is 6.72. The molecular formula is C13H27N3O2. The van der Waals surface area contributed by atoms with Crippen LogP contribution in [0.3, 0.4) is 0 Å². The maximum Gasteiger partial charge on any atom is 0.237 e.